The van der Waals surface area contributed by atoms with Crippen molar-refractivity contribution in [2.75, 3.05) is 13.7 Å². The lowest BCUT2D eigenvalue weighted by atomic mass is 9.51. The van der Waals surface area contributed by atoms with E-state index in [2.05, 4.69) is 20.4 Å². The first-order valence-corrected chi connectivity index (χ1v) is 9.33. The molecular formula is C21H30O4. The molecule has 0 N–H and O–H groups in total. The van der Waals surface area contributed by atoms with E-state index < -0.39 is 0 Å². The lowest BCUT2D eigenvalue weighted by Gasteiger charge is -2.52. The van der Waals surface area contributed by atoms with Crippen LogP contribution in [0.3, 0.4) is 0 Å². The Morgan fingerprint density at radius 1 is 1.32 bits per heavy atom. The van der Waals surface area contributed by atoms with Gasteiger partial charge in [-0.05, 0) is 67.4 Å². The van der Waals surface area contributed by atoms with Crippen molar-refractivity contribution in [3.63, 3.8) is 0 Å². The number of carbonyl (C=O) groups is 2. The van der Waals surface area contributed by atoms with Crippen LogP contribution in [-0.2, 0) is 19.1 Å². The SMILES string of the molecule is C=C(C)[C@@H]1CC[C@]2(C)C[C@H]1C1=C([C@H]2CC(=O)OC)[C@@H](CC(C)=O)OC1. The highest BCUT2D eigenvalue weighted by atomic mass is 16.5. The molecule has 3 aliphatic rings. The standard InChI is InChI=1S/C21H30O4/c1-12(2)14-6-7-21(4)10-15(14)16-11-25-18(8-13(3)22)20(16)17(21)9-19(23)24-5/h14-15,17-18H,1,6-11H2,2-5H3/t14-,15+,17+,18+,21+/m0/s1. The molecule has 0 amide bonds. The highest BCUT2D eigenvalue weighted by Crippen LogP contribution is 2.60. The maximum Gasteiger partial charge on any atom is 0.306 e. The molecule has 0 saturated heterocycles. The first kappa shape index (κ1) is 18.4. The zero-order chi connectivity index (χ0) is 18.4. The number of fused-ring (bicyclic) bond motifs is 3. The van der Waals surface area contributed by atoms with Gasteiger partial charge in [0.1, 0.15) is 5.78 Å². The van der Waals surface area contributed by atoms with E-state index in [9.17, 15) is 9.59 Å². The summed E-state index contributed by atoms with van der Waals surface area (Å²) >= 11 is 0. The second-order valence-corrected chi connectivity index (χ2v) is 8.48. The van der Waals surface area contributed by atoms with Gasteiger partial charge in [-0.3, -0.25) is 9.59 Å². The van der Waals surface area contributed by atoms with Crippen LogP contribution in [0.5, 0.6) is 0 Å². The van der Waals surface area contributed by atoms with Gasteiger partial charge in [0.15, 0.2) is 0 Å². The number of hydrogen-bond donors (Lipinski definition) is 0. The average Bonchev–Trinajstić information content (AvgIpc) is 2.93. The van der Waals surface area contributed by atoms with Crippen LogP contribution in [0, 0.1) is 23.2 Å². The molecule has 0 unspecified atom stereocenters. The zero-order valence-corrected chi connectivity index (χ0v) is 15.9. The van der Waals surface area contributed by atoms with Crippen molar-refractivity contribution in [3.8, 4) is 0 Å². The third-order valence-electron chi connectivity index (χ3n) is 6.72. The lowest BCUT2D eigenvalue weighted by Crippen LogP contribution is -2.45. The maximum atomic E-state index is 12.1. The number of carbonyl (C=O) groups excluding carboxylic acids is 2. The Labute approximate surface area is 150 Å². The van der Waals surface area contributed by atoms with Crippen LogP contribution in [-0.4, -0.2) is 31.6 Å². The van der Waals surface area contributed by atoms with Gasteiger partial charge in [-0.25, -0.2) is 0 Å². The van der Waals surface area contributed by atoms with Crippen molar-refractivity contribution in [3.05, 3.63) is 23.3 Å². The monoisotopic (exact) mass is 346 g/mol. The number of methoxy groups -OCH3 is 1. The summed E-state index contributed by atoms with van der Waals surface area (Å²) < 4.78 is 11.0. The molecule has 0 aromatic heterocycles. The summed E-state index contributed by atoms with van der Waals surface area (Å²) in [5.74, 6) is 0.998. The van der Waals surface area contributed by atoms with E-state index in [-0.39, 0.29) is 29.2 Å². The summed E-state index contributed by atoms with van der Waals surface area (Å²) in [4.78, 5) is 23.9. The van der Waals surface area contributed by atoms with E-state index in [4.69, 9.17) is 9.47 Å². The minimum atomic E-state index is -0.174. The Hall–Kier alpha value is -1.42. The largest absolute Gasteiger partial charge is 0.469 e. The molecule has 0 spiro atoms. The Morgan fingerprint density at radius 2 is 2.04 bits per heavy atom. The Kier molecular flexibility index (Phi) is 4.93. The molecule has 0 radical (unpaired) electrons. The molecule has 2 aliphatic carbocycles. The topological polar surface area (TPSA) is 52.6 Å². The molecule has 0 aromatic carbocycles. The highest BCUT2D eigenvalue weighted by Gasteiger charge is 2.53. The van der Waals surface area contributed by atoms with E-state index in [1.807, 2.05) is 0 Å². The van der Waals surface area contributed by atoms with Crippen LogP contribution in [0.4, 0.5) is 0 Å². The number of ketones is 1. The molecule has 25 heavy (non-hydrogen) atoms. The Morgan fingerprint density at radius 3 is 2.64 bits per heavy atom. The number of hydrogen-bond acceptors (Lipinski definition) is 4. The third-order valence-corrected chi connectivity index (χ3v) is 6.72. The van der Waals surface area contributed by atoms with Crippen LogP contribution in [0.1, 0.15) is 52.9 Å². The van der Waals surface area contributed by atoms with E-state index in [1.165, 1.54) is 23.8 Å². The third kappa shape index (κ3) is 3.21. The fourth-order valence-electron chi connectivity index (χ4n) is 5.46. The van der Waals surface area contributed by atoms with Gasteiger partial charge in [-0.1, -0.05) is 19.1 Å². The molecule has 0 aromatic rings. The summed E-state index contributed by atoms with van der Waals surface area (Å²) in [6.07, 6.45) is 3.87. The summed E-state index contributed by atoms with van der Waals surface area (Å²) in [5, 5.41) is 0. The molecule has 1 heterocycles. The summed E-state index contributed by atoms with van der Waals surface area (Å²) in [7, 11) is 1.45. The summed E-state index contributed by atoms with van der Waals surface area (Å²) in [6.45, 7) is 10.8. The summed E-state index contributed by atoms with van der Waals surface area (Å²) in [6, 6.07) is 0. The summed E-state index contributed by atoms with van der Waals surface area (Å²) in [5.41, 5.74) is 3.86. The van der Waals surface area contributed by atoms with Gasteiger partial charge < -0.3 is 9.47 Å². The van der Waals surface area contributed by atoms with Crippen molar-refractivity contribution in [2.45, 2.75) is 59.0 Å². The molecule has 3 rings (SSSR count). The van der Waals surface area contributed by atoms with Crippen LogP contribution >= 0.6 is 0 Å². The van der Waals surface area contributed by atoms with E-state index in [1.54, 1.807) is 6.92 Å². The first-order valence-electron chi connectivity index (χ1n) is 9.33. The maximum absolute atomic E-state index is 12.1. The number of esters is 1. The molecule has 1 aliphatic heterocycles. The van der Waals surface area contributed by atoms with Gasteiger partial charge in [-0.2, -0.15) is 0 Å². The number of allylic oxidation sites excluding steroid dienone is 1. The molecule has 1 saturated carbocycles. The minimum absolute atomic E-state index is 0.0619. The van der Waals surface area contributed by atoms with E-state index in [0.29, 0.717) is 31.3 Å². The number of rotatable bonds is 5. The second-order valence-electron chi connectivity index (χ2n) is 8.48. The normalized spacial score (nSPS) is 36.8. The van der Waals surface area contributed by atoms with Gasteiger partial charge >= 0.3 is 5.97 Å². The van der Waals surface area contributed by atoms with E-state index in [0.717, 1.165) is 19.3 Å². The fraction of sp³-hybridized carbons (Fsp3) is 0.714. The average molecular weight is 346 g/mol. The fourth-order valence-corrected chi connectivity index (χ4v) is 5.46. The quantitative estimate of drug-likeness (QED) is 0.560. The predicted molar refractivity (Wildman–Crippen MR) is 95.9 cm³/mol. The lowest BCUT2D eigenvalue weighted by molar-refractivity contribution is -0.143. The predicted octanol–water partition coefficient (Wildman–Crippen LogP) is 3.85. The smallest absolute Gasteiger partial charge is 0.306 e. The van der Waals surface area contributed by atoms with Crippen molar-refractivity contribution in [1.82, 2.24) is 0 Å². The first-order chi connectivity index (χ1) is 11.8. The van der Waals surface area contributed by atoms with Crippen molar-refractivity contribution < 1.29 is 19.1 Å². The van der Waals surface area contributed by atoms with Gasteiger partial charge in [0.2, 0.25) is 0 Å². The van der Waals surface area contributed by atoms with Gasteiger partial charge in [-0.15, -0.1) is 0 Å². The van der Waals surface area contributed by atoms with Crippen molar-refractivity contribution in [2.24, 2.45) is 23.2 Å². The molecule has 4 heteroatoms. The highest BCUT2D eigenvalue weighted by molar-refractivity contribution is 5.77. The molecule has 2 bridgehead atoms. The van der Waals surface area contributed by atoms with Crippen LogP contribution < -0.4 is 0 Å². The van der Waals surface area contributed by atoms with Crippen LogP contribution in [0.25, 0.3) is 0 Å². The number of Topliss-reactive ketones (excluding diaryl/α,β-unsaturated/α-hetero) is 1. The van der Waals surface area contributed by atoms with Crippen LogP contribution in [0.2, 0.25) is 0 Å². The number of ether oxygens (including phenoxy) is 2. The van der Waals surface area contributed by atoms with Gasteiger partial charge in [0.05, 0.1) is 26.2 Å². The van der Waals surface area contributed by atoms with Crippen LogP contribution in [0.15, 0.2) is 23.3 Å². The van der Waals surface area contributed by atoms with Crippen molar-refractivity contribution in [1.29, 1.82) is 0 Å². The molecule has 138 valence electrons. The molecule has 4 nitrogen and oxygen atoms in total. The molecule has 5 atom stereocenters. The van der Waals surface area contributed by atoms with Crippen molar-refractivity contribution >= 4 is 11.8 Å². The Bertz CT molecular complexity index is 632. The zero-order valence-electron chi connectivity index (χ0n) is 15.9. The molecule has 1 fully saturated rings. The Balaban J connectivity index is 2.04. The van der Waals surface area contributed by atoms with Gasteiger partial charge in [0.25, 0.3) is 0 Å². The minimum Gasteiger partial charge on any atom is -0.469 e. The second kappa shape index (κ2) is 6.71. The molecular weight excluding hydrogens is 316 g/mol. The van der Waals surface area contributed by atoms with Gasteiger partial charge in [0, 0.05) is 6.42 Å². The van der Waals surface area contributed by atoms with E-state index >= 15 is 0 Å².